The smallest absolute Gasteiger partial charge is 0.332 e. The first kappa shape index (κ1) is 24.9. The van der Waals surface area contributed by atoms with Gasteiger partial charge in [0.1, 0.15) is 0 Å². The number of nitrogens with two attached hydrogens (primary N) is 1. The fourth-order valence-electron chi connectivity index (χ4n) is 4.49. The lowest BCUT2D eigenvalue weighted by atomic mass is 10.1. The molecular formula is C25H29N7O4. The highest BCUT2D eigenvalue weighted by Crippen LogP contribution is 2.23. The van der Waals surface area contributed by atoms with Gasteiger partial charge in [-0.15, -0.1) is 5.92 Å². The minimum atomic E-state index is -0.661. The molecule has 0 spiro atoms. The third kappa shape index (κ3) is 4.67. The summed E-state index contributed by atoms with van der Waals surface area (Å²) in [7, 11) is 1.52. The Balaban J connectivity index is 1.85. The second kappa shape index (κ2) is 10.2. The van der Waals surface area contributed by atoms with E-state index >= 15 is 0 Å². The molecule has 36 heavy (non-hydrogen) atoms. The van der Waals surface area contributed by atoms with Crippen molar-refractivity contribution in [1.82, 2.24) is 18.7 Å². The van der Waals surface area contributed by atoms with Crippen LogP contribution in [0.5, 0.6) is 0 Å². The number of benzene rings is 1. The average Bonchev–Trinajstić information content (AvgIpc) is 3.23. The summed E-state index contributed by atoms with van der Waals surface area (Å²) in [4.78, 5) is 58.2. The predicted octanol–water partition coefficient (Wildman–Crippen LogP) is 0.689. The van der Waals surface area contributed by atoms with Crippen LogP contribution < -0.4 is 27.2 Å². The van der Waals surface area contributed by atoms with E-state index in [0.717, 1.165) is 24.0 Å². The van der Waals surface area contributed by atoms with E-state index in [4.69, 9.17) is 5.73 Å². The molecule has 1 saturated heterocycles. The van der Waals surface area contributed by atoms with Crippen molar-refractivity contribution in [2.45, 2.75) is 45.8 Å². The molecule has 1 atom stereocenters. The number of para-hydroxylation sites is 1. The first-order chi connectivity index (χ1) is 17.2. The van der Waals surface area contributed by atoms with Gasteiger partial charge in [-0.2, -0.15) is 4.98 Å². The van der Waals surface area contributed by atoms with E-state index < -0.39 is 23.6 Å². The van der Waals surface area contributed by atoms with E-state index in [1.807, 2.05) is 4.90 Å². The van der Waals surface area contributed by atoms with Crippen LogP contribution in [0.4, 0.5) is 11.6 Å². The second-order valence-corrected chi connectivity index (χ2v) is 8.83. The number of Topliss-reactive ketones (excluding diaryl/α,β-unsaturated/α-hetero) is 1. The van der Waals surface area contributed by atoms with Crippen LogP contribution in [0.1, 0.15) is 37.0 Å². The molecule has 0 bridgehead atoms. The van der Waals surface area contributed by atoms with Crippen LogP contribution in [0.25, 0.3) is 11.2 Å². The molecule has 0 radical (unpaired) electrons. The van der Waals surface area contributed by atoms with Gasteiger partial charge in [0.05, 0.1) is 18.8 Å². The molecule has 1 fully saturated rings. The zero-order valence-corrected chi connectivity index (χ0v) is 20.6. The number of carbonyl (C=O) groups excluding carboxylic acids is 2. The number of amides is 1. The minimum absolute atomic E-state index is 0.0222. The van der Waals surface area contributed by atoms with Crippen molar-refractivity contribution >= 4 is 34.5 Å². The summed E-state index contributed by atoms with van der Waals surface area (Å²) in [6.45, 7) is 4.03. The van der Waals surface area contributed by atoms with Gasteiger partial charge in [0.2, 0.25) is 11.9 Å². The predicted molar refractivity (Wildman–Crippen MR) is 137 cm³/mol. The van der Waals surface area contributed by atoms with Crippen molar-refractivity contribution in [3.63, 3.8) is 0 Å². The Morgan fingerprint density at radius 1 is 1.22 bits per heavy atom. The Morgan fingerprint density at radius 3 is 2.67 bits per heavy atom. The lowest BCUT2D eigenvalue weighted by Gasteiger charge is -2.31. The van der Waals surface area contributed by atoms with Gasteiger partial charge in [-0.25, -0.2) is 4.79 Å². The van der Waals surface area contributed by atoms with Crippen LogP contribution in [0.2, 0.25) is 0 Å². The topological polar surface area (TPSA) is 137 Å². The van der Waals surface area contributed by atoms with Gasteiger partial charge in [-0.05, 0) is 31.9 Å². The molecule has 2 aromatic heterocycles. The van der Waals surface area contributed by atoms with Crippen molar-refractivity contribution in [2.24, 2.45) is 12.8 Å². The maximum atomic E-state index is 13.7. The second-order valence-electron chi connectivity index (χ2n) is 8.83. The van der Waals surface area contributed by atoms with Gasteiger partial charge >= 0.3 is 5.69 Å². The Labute approximate surface area is 207 Å². The van der Waals surface area contributed by atoms with Crippen LogP contribution in [-0.4, -0.2) is 49.5 Å². The number of imidazole rings is 1. The van der Waals surface area contributed by atoms with Crippen LogP contribution in [0.15, 0.2) is 33.9 Å². The van der Waals surface area contributed by atoms with Gasteiger partial charge in [0, 0.05) is 38.7 Å². The van der Waals surface area contributed by atoms with E-state index in [1.54, 1.807) is 35.8 Å². The number of rotatable bonds is 6. The Bertz CT molecular complexity index is 1520. The summed E-state index contributed by atoms with van der Waals surface area (Å²) in [5.74, 6) is 5.52. The van der Waals surface area contributed by atoms with E-state index in [1.165, 1.54) is 18.5 Å². The molecule has 0 unspecified atom stereocenters. The average molecular weight is 492 g/mol. The van der Waals surface area contributed by atoms with Gasteiger partial charge in [-0.1, -0.05) is 18.1 Å². The van der Waals surface area contributed by atoms with Crippen molar-refractivity contribution in [3.8, 4) is 11.8 Å². The molecule has 4 rings (SSSR count). The summed E-state index contributed by atoms with van der Waals surface area (Å²) >= 11 is 0. The first-order valence-corrected chi connectivity index (χ1v) is 11.7. The summed E-state index contributed by atoms with van der Waals surface area (Å²) in [6, 6.07) is 6.44. The molecule has 11 heteroatoms. The molecule has 1 aliphatic heterocycles. The lowest BCUT2D eigenvalue weighted by Crippen LogP contribution is -2.44. The third-order valence-electron chi connectivity index (χ3n) is 6.21. The highest BCUT2D eigenvalue weighted by Gasteiger charge is 2.27. The van der Waals surface area contributed by atoms with Crippen LogP contribution >= 0.6 is 0 Å². The summed E-state index contributed by atoms with van der Waals surface area (Å²) in [6.07, 6.45) is 1.79. The molecule has 1 aromatic carbocycles. The molecule has 1 amide bonds. The minimum Gasteiger partial charge on any atom is -0.341 e. The normalized spacial score (nSPS) is 15.4. The summed E-state index contributed by atoms with van der Waals surface area (Å²) in [5, 5.41) is 2.61. The molecule has 11 nitrogen and oxygen atoms in total. The zero-order chi connectivity index (χ0) is 26.0. The van der Waals surface area contributed by atoms with Crippen LogP contribution in [-0.2, 0) is 24.9 Å². The molecule has 1 aliphatic rings. The van der Waals surface area contributed by atoms with Crippen molar-refractivity contribution in [3.05, 3.63) is 50.7 Å². The van der Waals surface area contributed by atoms with Crippen molar-refractivity contribution < 1.29 is 9.59 Å². The number of aromatic nitrogens is 4. The largest absolute Gasteiger partial charge is 0.341 e. The molecule has 3 N–H and O–H groups in total. The van der Waals surface area contributed by atoms with Crippen molar-refractivity contribution in [2.75, 3.05) is 23.3 Å². The maximum absolute atomic E-state index is 13.7. The first-order valence-electron chi connectivity index (χ1n) is 11.7. The number of hydrogen-bond acceptors (Lipinski definition) is 7. The van der Waals surface area contributed by atoms with Crippen molar-refractivity contribution in [1.29, 1.82) is 0 Å². The molecule has 188 valence electrons. The van der Waals surface area contributed by atoms with E-state index in [2.05, 4.69) is 22.1 Å². The number of aryl methyl sites for hydroxylation is 1. The highest BCUT2D eigenvalue weighted by atomic mass is 16.2. The molecule has 0 aliphatic carbocycles. The number of anilines is 2. The summed E-state index contributed by atoms with van der Waals surface area (Å²) < 4.78 is 3.86. The monoisotopic (exact) mass is 491 g/mol. The van der Waals surface area contributed by atoms with Gasteiger partial charge < -0.3 is 16.0 Å². The Hall–Kier alpha value is -4.17. The van der Waals surface area contributed by atoms with Crippen LogP contribution in [0, 0.1) is 11.8 Å². The number of ketones is 1. The Morgan fingerprint density at radius 2 is 1.97 bits per heavy atom. The zero-order valence-electron chi connectivity index (χ0n) is 20.6. The molecular weight excluding hydrogens is 462 g/mol. The number of nitrogens with one attached hydrogen (secondary N) is 1. The van der Waals surface area contributed by atoms with E-state index in [0.29, 0.717) is 18.2 Å². The van der Waals surface area contributed by atoms with E-state index in [9.17, 15) is 19.2 Å². The third-order valence-corrected chi connectivity index (χ3v) is 6.21. The fraction of sp³-hybridized carbons (Fsp3) is 0.400. The van der Waals surface area contributed by atoms with Gasteiger partial charge in [0.15, 0.2) is 16.9 Å². The lowest BCUT2D eigenvalue weighted by molar-refractivity contribution is -0.114. The molecule has 0 saturated carbocycles. The highest BCUT2D eigenvalue weighted by molar-refractivity contribution is 6.04. The SMILES string of the molecule is CC#CCn1c(N2CCC[C@H](N)C2)nc2c1c(=O)n(CC(=O)c1ccccc1NC(C)=O)c(=O)n2C. The standard InChI is InChI=1S/C25H29N7O4/c1-4-5-13-31-21-22(28-24(31)30-12-8-9-17(26)14-30)29(3)25(36)32(23(21)35)15-20(34)18-10-6-7-11-19(18)27-16(2)33/h6-7,10-11,17H,8-9,12-15,26H2,1-3H3,(H,27,33)/t17-/m0/s1. The number of piperidine rings is 1. The number of carbonyl (C=O) groups is 2. The van der Waals surface area contributed by atoms with E-state index in [-0.39, 0.29) is 35.2 Å². The quantitative estimate of drug-likeness (QED) is 0.382. The van der Waals surface area contributed by atoms with Crippen LogP contribution in [0.3, 0.4) is 0 Å². The maximum Gasteiger partial charge on any atom is 0.332 e. The fourth-order valence-corrected chi connectivity index (χ4v) is 4.49. The molecule has 3 heterocycles. The number of hydrogen-bond donors (Lipinski definition) is 2. The molecule has 3 aromatic rings. The Kier molecular flexibility index (Phi) is 7.07. The number of nitrogens with zero attached hydrogens (tertiary/aromatic N) is 5. The summed E-state index contributed by atoms with van der Waals surface area (Å²) in [5.41, 5.74) is 5.82. The number of fused-ring (bicyclic) bond motifs is 1. The van der Waals surface area contributed by atoms with Gasteiger partial charge in [-0.3, -0.25) is 28.1 Å². The van der Waals surface area contributed by atoms with Gasteiger partial charge in [0.25, 0.3) is 5.56 Å².